The van der Waals surface area contributed by atoms with Crippen LogP contribution in [0.1, 0.15) is 18.4 Å². The molecule has 30 heavy (non-hydrogen) atoms. The van der Waals surface area contributed by atoms with Crippen LogP contribution in [0.4, 0.5) is 5.69 Å². The number of nitrogens with zero attached hydrogens (tertiary/aromatic N) is 2. The first-order chi connectivity index (χ1) is 14.6. The summed E-state index contributed by atoms with van der Waals surface area (Å²) in [5.41, 5.74) is 2.60. The highest BCUT2D eigenvalue weighted by molar-refractivity contribution is 5.75. The minimum Gasteiger partial charge on any atom is -0.497 e. The van der Waals surface area contributed by atoms with E-state index in [2.05, 4.69) is 46.3 Å². The number of aryl methyl sites for hydroxylation is 1. The molecule has 2 aromatic carbocycles. The molecule has 6 heteroatoms. The molecule has 1 saturated heterocycles. The van der Waals surface area contributed by atoms with Crippen LogP contribution in [0.25, 0.3) is 0 Å². The first-order valence-electron chi connectivity index (χ1n) is 10.7. The maximum absolute atomic E-state index is 12.0. The summed E-state index contributed by atoms with van der Waals surface area (Å²) >= 11 is 0. The molecule has 0 saturated carbocycles. The van der Waals surface area contributed by atoms with Gasteiger partial charge in [-0.3, -0.25) is 9.69 Å². The van der Waals surface area contributed by atoms with Crippen molar-refractivity contribution in [2.45, 2.75) is 19.8 Å². The Balaban J connectivity index is 1.24. The monoisotopic (exact) mass is 411 g/mol. The van der Waals surface area contributed by atoms with Gasteiger partial charge in [-0.1, -0.05) is 12.1 Å². The van der Waals surface area contributed by atoms with Crippen molar-refractivity contribution in [1.82, 2.24) is 10.2 Å². The Kier molecular flexibility index (Phi) is 8.39. The molecule has 0 unspecified atom stereocenters. The molecule has 3 rings (SSSR count). The van der Waals surface area contributed by atoms with Gasteiger partial charge in [0.25, 0.3) is 0 Å². The normalized spacial score (nSPS) is 14.4. The van der Waals surface area contributed by atoms with Crippen LogP contribution in [0.5, 0.6) is 11.5 Å². The Morgan fingerprint density at radius 1 is 1.03 bits per heavy atom. The van der Waals surface area contributed by atoms with Crippen LogP contribution < -0.4 is 19.7 Å². The number of hydrogen-bond donors (Lipinski definition) is 1. The third-order valence-electron chi connectivity index (χ3n) is 5.37. The number of ether oxygens (including phenoxy) is 2. The summed E-state index contributed by atoms with van der Waals surface area (Å²) in [6.45, 7) is 8.37. The van der Waals surface area contributed by atoms with Gasteiger partial charge >= 0.3 is 0 Å². The van der Waals surface area contributed by atoms with Crippen molar-refractivity contribution in [2.24, 2.45) is 0 Å². The third-order valence-corrected chi connectivity index (χ3v) is 5.37. The molecule has 0 atom stereocenters. The van der Waals surface area contributed by atoms with Gasteiger partial charge in [0.1, 0.15) is 11.5 Å². The van der Waals surface area contributed by atoms with Crippen molar-refractivity contribution in [1.29, 1.82) is 0 Å². The van der Waals surface area contributed by atoms with Gasteiger partial charge in [0, 0.05) is 51.4 Å². The molecule has 1 amide bonds. The summed E-state index contributed by atoms with van der Waals surface area (Å²) in [6, 6.07) is 16.2. The summed E-state index contributed by atoms with van der Waals surface area (Å²) in [5, 5.41) is 3.03. The number of hydrogen-bond acceptors (Lipinski definition) is 5. The minimum absolute atomic E-state index is 0.0896. The van der Waals surface area contributed by atoms with Gasteiger partial charge in [0.05, 0.1) is 13.7 Å². The Labute approximate surface area is 179 Å². The summed E-state index contributed by atoms with van der Waals surface area (Å²) < 4.78 is 10.8. The maximum Gasteiger partial charge on any atom is 0.220 e. The summed E-state index contributed by atoms with van der Waals surface area (Å²) in [5.74, 6) is 1.69. The number of piperazine rings is 1. The van der Waals surface area contributed by atoms with Crippen LogP contribution in [0.2, 0.25) is 0 Å². The van der Waals surface area contributed by atoms with Gasteiger partial charge in [-0.25, -0.2) is 0 Å². The van der Waals surface area contributed by atoms with Crippen molar-refractivity contribution in [2.75, 3.05) is 57.9 Å². The van der Waals surface area contributed by atoms with Crippen molar-refractivity contribution in [3.63, 3.8) is 0 Å². The zero-order valence-electron chi connectivity index (χ0n) is 18.1. The SMILES string of the molecule is COc1ccc(OCCCC(=O)NCCN2CCN(c3cccc(C)c3)CC2)cc1. The molecular weight excluding hydrogens is 378 g/mol. The van der Waals surface area contributed by atoms with Gasteiger partial charge in [0.2, 0.25) is 5.91 Å². The van der Waals surface area contributed by atoms with E-state index in [-0.39, 0.29) is 5.91 Å². The Hall–Kier alpha value is -2.73. The second-order valence-corrected chi connectivity index (χ2v) is 7.65. The number of methoxy groups -OCH3 is 1. The van der Waals surface area contributed by atoms with E-state index in [1.807, 2.05) is 24.3 Å². The largest absolute Gasteiger partial charge is 0.497 e. The molecule has 1 fully saturated rings. The number of nitrogens with one attached hydrogen (secondary N) is 1. The fourth-order valence-corrected chi connectivity index (χ4v) is 3.59. The Bertz CT molecular complexity index is 787. The molecule has 0 spiro atoms. The molecule has 0 radical (unpaired) electrons. The second kappa shape index (κ2) is 11.5. The molecule has 1 aliphatic rings. The first kappa shape index (κ1) is 22.0. The predicted octanol–water partition coefficient (Wildman–Crippen LogP) is 3.10. The van der Waals surface area contributed by atoms with Crippen LogP contribution in [0, 0.1) is 6.92 Å². The number of carbonyl (C=O) groups is 1. The standard InChI is InChI=1S/C24H33N3O3/c1-20-5-3-6-21(19-20)27-16-14-26(15-17-27)13-12-25-24(28)7-4-18-30-23-10-8-22(29-2)9-11-23/h3,5-6,8-11,19H,4,7,12-18H2,1-2H3,(H,25,28). The molecule has 0 bridgehead atoms. The van der Waals surface area contributed by atoms with Gasteiger partial charge in [-0.15, -0.1) is 0 Å². The zero-order chi connectivity index (χ0) is 21.2. The molecular formula is C24H33N3O3. The average molecular weight is 412 g/mol. The predicted molar refractivity (Wildman–Crippen MR) is 121 cm³/mol. The molecule has 1 heterocycles. The van der Waals surface area contributed by atoms with Crippen molar-refractivity contribution in [3.8, 4) is 11.5 Å². The van der Waals surface area contributed by atoms with Crippen molar-refractivity contribution < 1.29 is 14.3 Å². The van der Waals surface area contributed by atoms with E-state index in [9.17, 15) is 4.79 Å². The van der Waals surface area contributed by atoms with Crippen LogP contribution in [0.15, 0.2) is 48.5 Å². The molecule has 6 nitrogen and oxygen atoms in total. The molecule has 162 valence electrons. The van der Waals surface area contributed by atoms with E-state index < -0.39 is 0 Å². The fourth-order valence-electron chi connectivity index (χ4n) is 3.59. The van der Waals surface area contributed by atoms with E-state index in [0.717, 1.165) is 44.2 Å². The topological polar surface area (TPSA) is 54.0 Å². The first-order valence-corrected chi connectivity index (χ1v) is 10.7. The molecule has 1 N–H and O–H groups in total. The van der Waals surface area contributed by atoms with E-state index in [1.54, 1.807) is 7.11 Å². The van der Waals surface area contributed by atoms with Crippen molar-refractivity contribution in [3.05, 3.63) is 54.1 Å². The van der Waals surface area contributed by atoms with Crippen molar-refractivity contribution >= 4 is 11.6 Å². The number of carbonyl (C=O) groups excluding carboxylic acids is 1. The van der Waals surface area contributed by atoms with E-state index in [1.165, 1.54) is 11.3 Å². The highest BCUT2D eigenvalue weighted by Crippen LogP contribution is 2.18. The van der Waals surface area contributed by atoms with Crippen LogP contribution in [0.3, 0.4) is 0 Å². The number of anilines is 1. The van der Waals surface area contributed by atoms with Crippen LogP contribution in [-0.4, -0.2) is 63.8 Å². The van der Waals surface area contributed by atoms with Gasteiger partial charge in [-0.05, 0) is 55.3 Å². The molecule has 0 aromatic heterocycles. The van der Waals surface area contributed by atoms with Gasteiger partial charge < -0.3 is 19.7 Å². The summed E-state index contributed by atoms with van der Waals surface area (Å²) in [7, 11) is 1.64. The van der Waals surface area contributed by atoms with E-state index in [0.29, 0.717) is 26.0 Å². The maximum atomic E-state index is 12.0. The van der Waals surface area contributed by atoms with Gasteiger partial charge in [-0.2, -0.15) is 0 Å². The molecule has 0 aliphatic carbocycles. The number of benzene rings is 2. The number of rotatable bonds is 10. The lowest BCUT2D eigenvalue weighted by atomic mass is 10.2. The lowest BCUT2D eigenvalue weighted by Crippen LogP contribution is -2.48. The fraction of sp³-hybridized carbons (Fsp3) is 0.458. The molecule has 1 aliphatic heterocycles. The van der Waals surface area contributed by atoms with Crippen LogP contribution in [-0.2, 0) is 4.79 Å². The Morgan fingerprint density at radius 2 is 1.77 bits per heavy atom. The quantitative estimate of drug-likeness (QED) is 0.609. The second-order valence-electron chi connectivity index (χ2n) is 7.65. The highest BCUT2D eigenvalue weighted by atomic mass is 16.5. The average Bonchev–Trinajstić information content (AvgIpc) is 2.77. The lowest BCUT2D eigenvalue weighted by Gasteiger charge is -2.36. The summed E-state index contributed by atoms with van der Waals surface area (Å²) in [4.78, 5) is 16.9. The summed E-state index contributed by atoms with van der Waals surface area (Å²) in [6.07, 6.45) is 1.18. The highest BCUT2D eigenvalue weighted by Gasteiger charge is 2.17. The molecule has 2 aromatic rings. The zero-order valence-corrected chi connectivity index (χ0v) is 18.1. The van der Waals surface area contributed by atoms with Gasteiger partial charge in [0.15, 0.2) is 0 Å². The third kappa shape index (κ3) is 6.95. The van der Waals surface area contributed by atoms with E-state index >= 15 is 0 Å². The Morgan fingerprint density at radius 3 is 2.47 bits per heavy atom. The number of amides is 1. The lowest BCUT2D eigenvalue weighted by molar-refractivity contribution is -0.121. The minimum atomic E-state index is 0.0896. The smallest absolute Gasteiger partial charge is 0.220 e. The van der Waals surface area contributed by atoms with E-state index in [4.69, 9.17) is 9.47 Å². The van der Waals surface area contributed by atoms with Crippen LogP contribution >= 0.6 is 0 Å².